The summed E-state index contributed by atoms with van der Waals surface area (Å²) in [6.07, 6.45) is 2.58. The van der Waals surface area contributed by atoms with E-state index in [1.807, 2.05) is 12.1 Å². The van der Waals surface area contributed by atoms with Crippen molar-refractivity contribution in [2.45, 2.75) is 30.7 Å². The van der Waals surface area contributed by atoms with Crippen LogP contribution < -0.4 is 5.32 Å². The second-order valence-corrected chi connectivity index (χ2v) is 4.86. The molecule has 17 heavy (non-hydrogen) atoms. The number of carbonyl (C=O) groups excluding carboxylic acids is 1. The molecule has 1 aliphatic rings. The first-order chi connectivity index (χ1) is 8.13. The van der Waals surface area contributed by atoms with Crippen molar-refractivity contribution in [1.82, 2.24) is 5.32 Å². The molecule has 0 aromatic heterocycles. The Bertz CT molecular complexity index is 416. The minimum atomic E-state index is -0.681. The van der Waals surface area contributed by atoms with Gasteiger partial charge in [-0.25, -0.2) is 0 Å². The molecular weight excluding hydrogens is 238 g/mol. The molecule has 92 valence electrons. The van der Waals surface area contributed by atoms with Gasteiger partial charge >= 0.3 is 0 Å². The van der Waals surface area contributed by atoms with Crippen LogP contribution in [-0.4, -0.2) is 23.2 Å². The van der Waals surface area contributed by atoms with Crippen molar-refractivity contribution in [3.63, 3.8) is 0 Å². The fourth-order valence-electron chi connectivity index (χ4n) is 1.90. The van der Waals surface area contributed by atoms with Crippen LogP contribution in [0, 0.1) is 0 Å². The van der Waals surface area contributed by atoms with Gasteiger partial charge in [0.25, 0.3) is 5.91 Å². The van der Waals surface area contributed by atoms with Crippen LogP contribution in [0.15, 0.2) is 24.3 Å². The first-order valence-electron chi connectivity index (χ1n) is 5.78. The van der Waals surface area contributed by atoms with Crippen LogP contribution in [-0.2, 0) is 5.88 Å². The van der Waals surface area contributed by atoms with Crippen molar-refractivity contribution in [1.29, 1.82) is 0 Å². The molecule has 2 N–H and O–H groups in total. The van der Waals surface area contributed by atoms with Gasteiger partial charge in [0.05, 0.1) is 5.60 Å². The summed E-state index contributed by atoms with van der Waals surface area (Å²) in [5, 5.41) is 12.6. The van der Waals surface area contributed by atoms with Crippen LogP contribution in [0.25, 0.3) is 0 Å². The van der Waals surface area contributed by atoms with Crippen LogP contribution in [0.3, 0.4) is 0 Å². The van der Waals surface area contributed by atoms with E-state index in [1.165, 1.54) is 0 Å². The highest BCUT2D eigenvalue weighted by Gasteiger charge is 2.34. The maximum atomic E-state index is 11.8. The highest BCUT2D eigenvalue weighted by atomic mass is 35.5. The molecule has 0 unspecified atom stereocenters. The Kier molecular flexibility index (Phi) is 3.69. The largest absolute Gasteiger partial charge is 0.388 e. The molecule has 0 spiro atoms. The van der Waals surface area contributed by atoms with Gasteiger partial charge in [0.1, 0.15) is 0 Å². The highest BCUT2D eigenvalue weighted by molar-refractivity contribution is 6.17. The Hall–Kier alpha value is -1.06. The molecule has 1 aromatic carbocycles. The van der Waals surface area contributed by atoms with Gasteiger partial charge in [-0.3, -0.25) is 4.79 Å². The van der Waals surface area contributed by atoms with E-state index in [2.05, 4.69) is 5.32 Å². The molecule has 1 saturated carbocycles. The molecule has 0 bridgehead atoms. The third kappa shape index (κ3) is 2.99. The lowest BCUT2D eigenvalue weighted by Crippen LogP contribution is -2.47. The zero-order valence-corrected chi connectivity index (χ0v) is 10.3. The molecule has 0 saturated heterocycles. The number of hydrogen-bond donors (Lipinski definition) is 2. The molecule has 0 aliphatic heterocycles. The normalized spacial score (nSPS) is 17.3. The summed E-state index contributed by atoms with van der Waals surface area (Å²) in [4.78, 5) is 11.8. The average molecular weight is 254 g/mol. The van der Waals surface area contributed by atoms with Crippen molar-refractivity contribution >= 4 is 17.5 Å². The molecule has 1 aliphatic carbocycles. The minimum absolute atomic E-state index is 0.155. The van der Waals surface area contributed by atoms with E-state index in [1.54, 1.807) is 12.1 Å². The van der Waals surface area contributed by atoms with Crippen LogP contribution >= 0.6 is 11.6 Å². The lowest BCUT2D eigenvalue weighted by atomic mass is 9.80. The van der Waals surface area contributed by atoms with E-state index in [-0.39, 0.29) is 5.91 Å². The minimum Gasteiger partial charge on any atom is -0.388 e. The molecule has 0 atom stereocenters. The second-order valence-electron chi connectivity index (χ2n) is 4.59. The van der Waals surface area contributed by atoms with Crippen LogP contribution in [0.5, 0.6) is 0 Å². The van der Waals surface area contributed by atoms with E-state index >= 15 is 0 Å². The van der Waals surface area contributed by atoms with Gasteiger partial charge in [-0.05, 0) is 37.0 Å². The van der Waals surface area contributed by atoms with Gasteiger partial charge in [0.2, 0.25) is 0 Å². The quantitative estimate of drug-likeness (QED) is 0.807. The summed E-state index contributed by atoms with van der Waals surface area (Å²) in [6.45, 7) is 0.330. The number of halogens is 1. The van der Waals surface area contributed by atoms with Gasteiger partial charge in [0.15, 0.2) is 0 Å². The molecular formula is C13H16ClNO2. The zero-order chi connectivity index (χ0) is 12.3. The number of nitrogens with one attached hydrogen (secondary N) is 1. The van der Waals surface area contributed by atoms with Crippen molar-refractivity contribution < 1.29 is 9.90 Å². The molecule has 1 amide bonds. The lowest BCUT2D eigenvalue weighted by Gasteiger charge is -2.36. The second kappa shape index (κ2) is 5.07. The van der Waals surface area contributed by atoms with E-state index in [9.17, 15) is 9.90 Å². The fraction of sp³-hybridized carbons (Fsp3) is 0.462. The van der Waals surface area contributed by atoms with Crippen LogP contribution in [0.1, 0.15) is 35.2 Å². The molecule has 1 aromatic rings. The van der Waals surface area contributed by atoms with Gasteiger partial charge in [-0.1, -0.05) is 12.1 Å². The van der Waals surface area contributed by atoms with Crippen LogP contribution in [0.2, 0.25) is 0 Å². The Morgan fingerprint density at radius 3 is 2.82 bits per heavy atom. The summed E-state index contributed by atoms with van der Waals surface area (Å²) in [5.74, 6) is 0.239. The van der Waals surface area contributed by atoms with Crippen LogP contribution in [0.4, 0.5) is 0 Å². The maximum Gasteiger partial charge on any atom is 0.251 e. The number of hydrogen-bond acceptors (Lipinski definition) is 2. The SMILES string of the molecule is O=C(NCC1(O)CCC1)c1cccc(CCl)c1. The Morgan fingerprint density at radius 1 is 1.47 bits per heavy atom. The summed E-state index contributed by atoms with van der Waals surface area (Å²) in [6, 6.07) is 7.21. The van der Waals surface area contributed by atoms with E-state index < -0.39 is 5.60 Å². The first-order valence-corrected chi connectivity index (χ1v) is 6.32. The van der Waals surface area contributed by atoms with Gasteiger partial charge in [-0.15, -0.1) is 11.6 Å². The van der Waals surface area contributed by atoms with Crippen molar-refractivity contribution in [3.8, 4) is 0 Å². The summed E-state index contributed by atoms with van der Waals surface area (Å²) < 4.78 is 0. The molecule has 2 rings (SSSR count). The molecule has 0 heterocycles. The molecule has 4 heteroatoms. The number of amides is 1. The van der Waals surface area contributed by atoms with E-state index in [0.717, 1.165) is 24.8 Å². The number of rotatable bonds is 4. The fourth-order valence-corrected chi connectivity index (χ4v) is 2.07. The van der Waals surface area contributed by atoms with Gasteiger partial charge in [0, 0.05) is 18.0 Å². The summed E-state index contributed by atoms with van der Waals surface area (Å²) in [7, 11) is 0. The van der Waals surface area contributed by atoms with Crippen molar-refractivity contribution in [2.75, 3.05) is 6.54 Å². The lowest BCUT2D eigenvalue weighted by molar-refractivity contribution is -0.0300. The number of carbonyl (C=O) groups is 1. The molecule has 0 radical (unpaired) electrons. The van der Waals surface area contributed by atoms with Gasteiger partial charge < -0.3 is 10.4 Å². The van der Waals surface area contributed by atoms with E-state index in [4.69, 9.17) is 11.6 Å². The standard InChI is InChI=1S/C13H16ClNO2/c14-8-10-3-1-4-11(7-10)12(16)15-9-13(17)5-2-6-13/h1,3-4,7,17H,2,5-6,8-9H2,(H,15,16). The van der Waals surface area contributed by atoms with Crippen molar-refractivity contribution in [2.24, 2.45) is 0 Å². The summed E-state index contributed by atoms with van der Waals surface area (Å²) in [5.41, 5.74) is 0.826. The van der Waals surface area contributed by atoms with Gasteiger partial charge in [-0.2, -0.15) is 0 Å². The highest BCUT2D eigenvalue weighted by Crippen LogP contribution is 2.30. The third-order valence-corrected chi connectivity index (χ3v) is 3.51. The summed E-state index contributed by atoms with van der Waals surface area (Å²) >= 11 is 5.71. The average Bonchev–Trinajstić information content (AvgIpc) is 2.33. The monoisotopic (exact) mass is 253 g/mol. The zero-order valence-electron chi connectivity index (χ0n) is 9.58. The van der Waals surface area contributed by atoms with E-state index in [0.29, 0.717) is 18.0 Å². The van der Waals surface area contributed by atoms with Crippen molar-refractivity contribution in [3.05, 3.63) is 35.4 Å². The topological polar surface area (TPSA) is 49.3 Å². The predicted octanol–water partition coefficient (Wildman–Crippen LogP) is 2.07. The number of alkyl halides is 1. The molecule has 1 fully saturated rings. The Labute approximate surface area is 106 Å². The smallest absolute Gasteiger partial charge is 0.251 e. The Balaban J connectivity index is 1.94. The maximum absolute atomic E-state index is 11.8. The number of benzene rings is 1. The Morgan fingerprint density at radius 2 is 2.24 bits per heavy atom. The predicted molar refractivity (Wildman–Crippen MR) is 67.1 cm³/mol. The first kappa shape index (κ1) is 12.4. The third-order valence-electron chi connectivity index (χ3n) is 3.21. The molecule has 3 nitrogen and oxygen atoms in total. The number of aliphatic hydroxyl groups is 1.